The molecule has 0 saturated heterocycles. The molecule has 1 aromatic heterocycles. The zero-order valence-electron chi connectivity index (χ0n) is 11.8. The van der Waals surface area contributed by atoms with E-state index in [1.54, 1.807) is 11.3 Å². The molecule has 0 saturated carbocycles. The fourth-order valence-electron chi connectivity index (χ4n) is 2.07. The largest absolute Gasteiger partial charge is 0.483 e. The van der Waals surface area contributed by atoms with Crippen LogP contribution in [0.1, 0.15) is 36.8 Å². The lowest BCUT2D eigenvalue weighted by Gasteiger charge is -2.23. The van der Waals surface area contributed by atoms with Gasteiger partial charge in [-0.05, 0) is 48.1 Å². The molecule has 1 heterocycles. The summed E-state index contributed by atoms with van der Waals surface area (Å²) in [5, 5.41) is 2.83. The minimum atomic E-state index is -0.106. The molecule has 2 atom stereocenters. The Kier molecular flexibility index (Phi) is 5.46. The van der Waals surface area contributed by atoms with E-state index in [0.29, 0.717) is 0 Å². The van der Waals surface area contributed by atoms with Gasteiger partial charge in [0.15, 0.2) is 0 Å². The van der Waals surface area contributed by atoms with Gasteiger partial charge in [-0.1, -0.05) is 31.5 Å². The Labute approximate surface area is 129 Å². The maximum absolute atomic E-state index is 6.21. The number of thiophene rings is 1. The van der Waals surface area contributed by atoms with E-state index < -0.39 is 0 Å². The maximum atomic E-state index is 6.21. The van der Waals surface area contributed by atoms with Crippen molar-refractivity contribution in [3.05, 3.63) is 51.2 Å². The number of nitrogens with two attached hydrogens (primary N) is 1. The highest BCUT2D eigenvalue weighted by Gasteiger charge is 2.21. The van der Waals surface area contributed by atoms with Crippen molar-refractivity contribution in [1.29, 1.82) is 0 Å². The number of halogens is 1. The van der Waals surface area contributed by atoms with Crippen LogP contribution >= 0.6 is 22.9 Å². The van der Waals surface area contributed by atoms with E-state index in [2.05, 4.69) is 19.9 Å². The molecular weight excluding hydrogens is 290 g/mol. The van der Waals surface area contributed by atoms with Crippen molar-refractivity contribution in [2.75, 3.05) is 0 Å². The van der Waals surface area contributed by atoms with Gasteiger partial charge in [0.2, 0.25) is 0 Å². The Bertz CT molecular complexity index is 541. The molecule has 0 fully saturated rings. The van der Waals surface area contributed by atoms with Crippen molar-refractivity contribution in [2.45, 2.75) is 38.8 Å². The average molecular weight is 310 g/mol. The van der Waals surface area contributed by atoms with Gasteiger partial charge < -0.3 is 10.5 Å². The highest BCUT2D eigenvalue weighted by atomic mass is 35.5. The molecule has 20 heavy (non-hydrogen) atoms. The molecular formula is C16H20ClNOS. The summed E-state index contributed by atoms with van der Waals surface area (Å²) < 4.78 is 6.14. The first-order valence-corrected chi connectivity index (χ1v) is 8.15. The smallest absolute Gasteiger partial charge is 0.148 e. The summed E-state index contributed by atoms with van der Waals surface area (Å²) in [7, 11) is 0. The van der Waals surface area contributed by atoms with Crippen LogP contribution in [0.4, 0.5) is 0 Å². The quantitative estimate of drug-likeness (QED) is 0.830. The van der Waals surface area contributed by atoms with Crippen LogP contribution in [0.25, 0.3) is 0 Å². The van der Waals surface area contributed by atoms with Crippen LogP contribution in [0.15, 0.2) is 35.7 Å². The minimum Gasteiger partial charge on any atom is -0.483 e. The average Bonchev–Trinajstić information content (AvgIpc) is 2.99. The van der Waals surface area contributed by atoms with Crippen molar-refractivity contribution in [3.8, 4) is 5.75 Å². The van der Waals surface area contributed by atoms with Crippen LogP contribution in [0.3, 0.4) is 0 Å². The van der Waals surface area contributed by atoms with E-state index in [-0.39, 0.29) is 12.1 Å². The molecule has 2 unspecified atom stereocenters. The molecule has 2 nitrogen and oxygen atoms in total. The topological polar surface area (TPSA) is 35.2 Å². The van der Waals surface area contributed by atoms with Gasteiger partial charge in [-0.15, -0.1) is 11.3 Å². The van der Waals surface area contributed by atoms with Gasteiger partial charge in [-0.2, -0.15) is 0 Å². The zero-order chi connectivity index (χ0) is 14.5. The van der Waals surface area contributed by atoms with Gasteiger partial charge in [0.1, 0.15) is 11.9 Å². The number of rotatable bonds is 6. The molecule has 2 rings (SSSR count). The van der Waals surface area contributed by atoms with E-state index in [0.717, 1.165) is 34.1 Å². The van der Waals surface area contributed by atoms with Gasteiger partial charge in [0.05, 0.1) is 0 Å². The first-order valence-electron chi connectivity index (χ1n) is 6.89. The fraction of sp³-hybridized carbons (Fsp3) is 0.375. The summed E-state index contributed by atoms with van der Waals surface area (Å²) in [5.41, 5.74) is 7.31. The molecule has 0 spiro atoms. The Balaban J connectivity index is 2.24. The van der Waals surface area contributed by atoms with Gasteiger partial charge in [-0.25, -0.2) is 0 Å². The molecule has 1 aromatic carbocycles. The molecule has 0 radical (unpaired) electrons. The van der Waals surface area contributed by atoms with Crippen LogP contribution in [0, 0.1) is 0 Å². The second kappa shape index (κ2) is 7.11. The van der Waals surface area contributed by atoms with Gasteiger partial charge in [0.25, 0.3) is 0 Å². The Morgan fingerprint density at radius 1 is 1.30 bits per heavy atom. The van der Waals surface area contributed by atoms with E-state index >= 15 is 0 Å². The van der Waals surface area contributed by atoms with Crippen LogP contribution in [-0.4, -0.2) is 6.04 Å². The molecule has 108 valence electrons. The van der Waals surface area contributed by atoms with Crippen LogP contribution < -0.4 is 10.5 Å². The molecule has 0 aliphatic heterocycles. The predicted octanol–water partition coefficient (Wildman–Crippen LogP) is 4.82. The second-order valence-electron chi connectivity index (χ2n) is 4.73. The lowest BCUT2D eigenvalue weighted by atomic mass is 10.1. The van der Waals surface area contributed by atoms with Crippen LogP contribution in [0.5, 0.6) is 5.75 Å². The van der Waals surface area contributed by atoms with E-state index in [1.165, 1.54) is 0 Å². The summed E-state index contributed by atoms with van der Waals surface area (Å²) in [4.78, 5) is 1.16. The zero-order valence-corrected chi connectivity index (χ0v) is 13.4. The van der Waals surface area contributed by atoms with Crippen molar-refractivity contribution in [1.82, 2.24) is 0 Å². The Morgan fingerprint density at radius 3 is 2.70 bits per heavy atom. The first kappa shape index (κ1) is 15.4. The third-order valence-electron chi connectivity index (χ3n) is 3.35. The highest BCUT2D eigenvalue weighted by molar-refractivity contribution is 7.10. The van der Waals surface area contributed by atoms with E-state index in [9.17, 15) is 0 Å². The van der Waals surface area contributed by atoms with Gasteiger partial charge >= 0.3 is 0 Å². The van der Waals surface area contributed by atoms with Crippen LogP contribution in [-0.2, 0) is 6.42 Å². The Morgan fingerprint density at radius 2 is 2.10 bits per heavy atom. The minimum absolute atomic E-state index is 0.0191. The van der Waals surface area contributed by atoms with Crippen molar-refractivity contribution in [3.63, 3.8) is 0 Å². The van der Waals surface area contributed by atoms with E-state index in [1.807, 2.05) is 29.6 Å². The third kappa shape index (κ3) is 3.54. The molecule has 2 N–H and O–H groups in total. The first-order chi connectivity index (χ1) is 9.65. The summed E-state index contributed by atoms with van der Waals surface area (Å²) in [6.07, 6.45) is 1.65. The Hall–Kier alpha value is -1.03. The normalized spacial score (nSPS) is 14.0. The number of hydrogen-bond donors (Lipinski definition) is 1. The lowest BCUT2D eigenvalue weighted by molar-refractivity contribution is 0.174. The lowest BCUT2D eigenvalue weighted by Crippen LogP contribution is -2.30. The van der Waals surface area contributed by atoms with Crippen molar-refractivity contribution < 1.29 is 4.74 Å². The van der Waals surface area contributed by atoms with Gasteiger partial charge in [-0.3, -0.25) is 0 Å². The summed E-state index contributed by atoms with van der Waals surface area (Å²) in [6, 6.07) is 9.88. The SMILES string of the molecule is CCc1cc(OC(c2cccs2)C(N)CC)ccc1Cl. The van der Waals surface area contributed by atoms with E-state index in [4.69, 9.17) is 22.1 Å². The molecule has 0 amide bonds. The number of benzene rings is 1. The monoisotopic (exact) mass is 309 g/mol. The van der Waals surface area contributed by atoms with Gasteiger partial charge in [0, 0.05) is 15.9 Å². The number of ether oxygens (including phenoxy) is 1. The molecule has 4 heteroatoms. The van der Waals surface area contributed by atoms with Crippen molar-refractivity contribution in [2.24, 2.45) is 5.73 Å². The van der Waals surface area contributed by atoms with Crippen LogP contribution in [0.2, 0.25) is 5.02 Å². The number of aryl methyl sites for hydroxylation is 1. The standard InChI is InChI=1S/C16H20ClNOS/c1-3-11-10-12(7-8-13(11)17)19-16(14(18)4-2)15-6-5-9-20-15/h5-10,14,16H,3-4,18H2,1-2H3. The van der Waals surface area contributed by atoms with Crippen molar-refractivity contribution >= 4 is 22.9 Å². The molecule has 0 aliphatic rings. The third-order valence-corrected chi connectivity index (χ3v) is 4.65. The molecule has 2 aromatic rings. The number of hydrogen-bond acceptors (Lipinski definition) is 3. The molecule has 0 bridgehead atoms. The summed E-state index contributed by atoms with van der Waals surface area (Å²) in [6.45, 7) is 4.16. The second-order valence-corrected chi connectivity index (χ2v) is 6.12. The molecule has 0 aliphatic carbocycles. The summed E-state index contributed by atoms with van der Waals surface area (Å²) >= 11 is 7.82. The maximum Gasteiger partial charge on any atom is 0.148 e. The summed E-state index contributed by atoms with van der Waals surface area (Å²) in [5.74, 6) is 0.827. The highest BCUT2D eigenvalue weighted by Crippen LogP contribution is 2.30. The predicted molar refractivity (Wildman–Crippen MR) is 86.8 cm³/mol. The fourth-order valence-corrected chi connectivity index (χ4v) is 3.15.